The summed E-state index contributed by atoms with van der Waals surface area (Å²) in [5, 5.41) is 5.62. The standard InChI is InChI=1S/C21H27F4N3O2/c1-12-11-15(5-8-17(12)22)18(14-3-6-16(7-4-14)21(23,24)25)27-20(30)28-10-9-26-19(29)13(28)2/h5,8,11,13-14,16,18H,3-4,6-7,9-10H2,1-2H3,(H,26,29)(H,27,30)/t13-,14-,16-,18-/m1/s1. The smallest absolute Gasteiger partial charge is 0.353 e. The van der Waals surface area contributed by atoms with Gasteiger partial charge in [0.1, 0.15) is 11.9 Å². The largest absolute Gasteiger partial charge is 0.391 e. The molecule has 1 aromatic carbocycles. The van der Waals surface area contributed by atoms with Crippen molar-refractivity contribution in [3.05, 3.63) is 35.1 Å². The fraction of sp³-hybridized carbons (Fsp3) is 0.619. The summed E-state index contributed by atoms with van der Waals surface area (Å²) in [6, 6.07) is 2.86. The molecule has 0 unspecified atom stereocenters. The Hall–Kier alpha value is -2.32. The van der Waals surface area contributed by atoms with Gasteiger partial charge in [0.15, 0.2) is 0 Å². The minimum atomic E-state index is -4.22. The van der Waals surface area contributed by atoms with Crippen LogP contribution in [-0.4, -0.2) is 42.1 Å². The molecule has 0 bridgehead atoms. The second-order valence-electron chi connectivity index (χ2n) is 8.25. The molecule has 0 spiro atoms. The molecule has 1 aliphatic carbocycles. The second-order valence-corrected chi connectivity index (χ2v) is 8.25. The maximum Gasteiger partial charge on any atom is 0.391 e. The maximum absolute atomic E-state index is 13.8. The lowest BCUT2D eigenvalue weighted by Gasteiger charge is -2.38. The molecule has 3 amide bonds. The number of hydrogen-bond donors (Lipinski definition) is 2. The fourth-order valence-electron chi connectivity index (χ4n) is 4.39. The van der Waals surface area contributed by atoms with Crippen LogP contribution in [0.2, 0.25) is 0 Å². The summed E-state index contributed by atoms with van der Waals surface area (Å²) in [6.07, 6.45) is -3.59. The van der Waals surface area contributed by atoms with Gasteiger partial charge < -0.3 is 15.5 Å². The van der Waals surface area contributed by atoms with Crippen LogP contribution in [0.3, 0.4) is 0 Å². The summed E-state index contributed by atoms with van der Waals surface area (Å²) in [5.74, 6) is -2.17. The van der Waals surface area contributed by atoms with Crippen LogP contribution in [-0.2, 0) is 4.79 Å². The Labute approximate surface area is 173 Å². The molecule has 2 fully saturated rings. The lowest BCUT2D eigenvalue weighted by molar-refractivity contribution is -0.184. The van der Waals surface area contributed by atoms with E-state index < -0.39 is 30.2 Å². The molecule has 1 aromatic rings. The number of rotatable bonds is 3. The van der Waals surface area contributed by atoms with E-state index in [0.717, 1.165) is 0 Å². The zero-order valence-corrected chi connectivity index (χ0v) is 17.1. The van der Waals surface area contributed by atoms with E-state index in [0.29, 0.717) is 37.1 Å². The number of urea groups is 1. The highest BCUT2D eigenvalue weighted by Gasteiger charge is 2.43. The first-order valence-electron chi connectivity index (χ1n) is 10.3. The van der Waals surface area contributed by atoms with E-state index in [-0.39, 0.29) is 30.5 Å². The normalized spacial score (nSPS) is 26.1. The number of aryl methyl sites for hydroxylation is 1. The van der Waals surface area contributed by atoms with Crippen molar-refractivity contribution >= 4 is 11.9 Å². The van der Waals surface area contributed by atoms with Gasteiger partial charge in [-0.25, -0.2) is 9.18 Å². The van der Waals surface area contributed by atoms with Gasteiger partial charge >= 0.3 is 12.2 Å². The van der Waals surface area contributed by atoms with E-state index in [4.69, 9.17) is 0 Å². The fourth-order valence-corrected chi connectivity index (χ4v) is 4.39. The molecule has 1 aliphatic heterocycles. The van der Waals surface area contributed by atoms with E-state index in [9.17, 15) is 27.2 Å². The van der Waals surface area contributed by atoms with Gasteiger partial charge in [0, 0.05) is 13.1 Å². The van der Waals surface area contributed by atoms with Crippen LogP contribution in [0, 0.1) is 24.6 Å². The lowest BCUT2D eigenvalue weighted by Crippen LogP contribution is -2.58. The summed E-state index contributed by atoms with van der Waals surface area (Å²) < 4.78 is 53.0. The molecule has 3 rings (SSSR count). The number of piperazine rings is 1. The Morgan fingerprint density at radius 2 is 1.90 bits per heavy atom. The average Bonchev–Trinajstić information content (AvgIpc) is 2.69. The molecule has 0 radical (unpaired) electrons. The van der Waals surface area contributed by atoms with Gasteiger partial charge in [0.2, 0.25) is 5.91 Å². The molecule has 1 saturated heterocycles. The number of carbonyl (C=O) groups excluding carboxylic acids is 2. The lowest BCUT2D eigenvalue weighted by atomic mass is 9.76. The van der Waals surface area contributed by atoms with Crippen molar-refractivity contribution in [1.29, 1.82) is 0 Å². The van der Waals surface area contributed by atoms with Crippen molar-refractivity contribution in [3.8, 4) is 0 Å². The predicted molar refractivity (Wildman–Crippen MR) is 103 cm³/mol. The first-order valence-corrected chi connectivity index (χ1v) is 10.3. The topological polar surface area (TPSA) is 61.4 Å². The summed E-state index contributed by atoms with van der Waals surface area (Å²) in [4.78, 5) is 26.3. The minimum absolute atomic E-state index is 0.00321. The molecule has 5 nitrogen and oxygen atoms in total. The zero-order valence-electron chi connectivity index (χ0n) is 17.1. The van der Waals surface area contributed by atoms with Crippen LogP contribution in [0.15, 0.2) is 18.2 Å². The number of amides is 3. The third kappa shape index (κ3) is 4.87. The second kappa shape index (κ2) is 8.81. The van der Waals surface area contributed by atoms with Crippen molar-refractivity contribution in [3.63, 3.8) is 0 Å². The zero-order chi connectivity index (χ0) is 22.1. The van der Waals surface area contributed by atoms with E-state index in [1.54, 1.807) is 26.0 Å². The number of benzene rings is 1. The predicted octanol–water partition coefficient (Wildman–Crippen LogP) is 4.07. The molecular formula is C21H27F4N3O2. The number of nitrogens with one attached hydrogen (secondary N) is 2. The van der Waals surface area contributed by atoms with Gasteiger partial charge in [-0.1, -0.05) is 12.1 Å². The van der Waals surface area contributed by atoms with Crippen molar-refractivity contribution in [2.24, 2.45) is 11.8 Å². The molecule has 1 heterocycles. The first kappa shape index (κ1) is 22.4. The van der Waals surface area contributed by atoms with Crippen molar-refractivity contribution in [2.45, 2.75) is 57.8 Å². The molecule has 2 N–H and O–H groups in total. The SMILES string of the molecule is Cc1cc([C@H](NC(=O)N2CCNC(=O)[C@H]2C)[C@H]2CC[C@H](C(F)(F)F)CC2)ccc1F. The maximum atomic E-state index is 13.8. The summed E-state index contributed by atoms with van der Waals surface area (Å²) in [6.45, 7) is 3.91. The Bertz CT molecular complexity index is 791. The first-order chi connectivity index (χ1) is 14.1. The van der Waals surface area contributed by atoms with Crippen LogP contribution in [0.1, 0.15) is 49.8 Å². The van der Waals surface area contributed by atoms with Gasteiger partial charge in [-0.3, -0.25) is 4.79 Å². The molecule has 1 saturated carbocycles. The van der Waals surface area contributed by atoms with Gasteiger partial charge in [0.25, 0.3) is 0 Å². The average molecular weight is 429 g/mol. The minimum Gasteiger partial charge on any atom is -0.353 e. The van der Waals surface area contributed by atoms with Crippen molar-refractivity contribution in [2.75, 3.05) is 13.1 Å². The molecule has 9 heteroatoms. The Morgan fingerprint density at radius 3 is 2.50 bits per heavy atom. The Balaban J connectivity index is 1.80. The highest BCUT2D eigenvalue weighted by molar-refractivity contribution is 5.88. The quantitative estimate of drug-likeness (QED) is 0.712. The van der Waals surface area contributed by atoms with Crippen molar-refractivity contribution < 1.29 is 27.2 Å². The monoisotopic (exact) mass is 429 g/mol. The van der Waals surface area contributed by atoms with Crippen molar-refractivity contribution in [1.82, 2.24) is 15.5 Å². The third-order valence-corrected chi connectivity index (χ3v) is 6.29. The van der Waals surface area contributed by atoms with Gasteiger partial charge in [-0.2, -0.15) is 13.2 Å². The molecule has 166 valence electrons. The van der Waals surface area contributed by atoms with Crippen LogP contribution in [0.5, 0.6) is 0 Å². The highest BCUT2D eigenvalue weighted by Crippen LogP contribution is 2.43. The van der Waals surface area contributed by atoms with E-state index >= 15 is 0 Å². The van der Waals surface area contributed by atoms with E-state index in [2.05, 4.69) is 10.6 Å². The van der Waals surface area contributed by atoms with Crippen LogP contribution in [0.25, 0.3) is 0 Å². The molecular weight excluding hydrogens is 402 g/mol. The molecule has 2 atom stereocenters. The van der Waals surface area contributed by atoms with Gasteiger partial charge in [-0.05, 0) is 62.6 Å². The Kier molecular flexibility index (Phi) is 6.57. The number of hydrogen-bond acceptors (Lipinski definition) is 2. The molecule has 30 heavy (non-hydrogen) atoms. The van der Waals surface area contributed by atoms with Crippen LogP contribution >= 0.6 is 0 Å². The third-order valence-electron chi connectivity index (χ3n) is 6.29. The summed E-state index contributed by atoms with van der Waals surface area (Å²) >= 11 is 0. The summed E-state index contributed by atoms with van der Waals surface area (Å²) in [5.41, 5.74) is 1.06. The molecule has 2 aliphatic rings. The number of nitrogens with zero attached hydrogens (tertiary/aromatic N) is 1. The number of halogens is 4. The number of alkyl halides is 3. The van der Waals surface area contributed by atoms with E-state index in [1.165, 1.54) is 11.0 Å². The Morgan fingerprint density at radius 1 is 1.23 bits per heavy atom. The molecule has 0 aromatic heterocycles. The van der Waals surface area contributed by atoms with E-state index in [1.807, 2.05) is 0 Å². The highest BCUT2D eigenvalue weighted by atomic mass is 19.4. The van der Waals surface area contributed by atoms with Gasteiger partial charge in [0.05, 0.1) is 12.0 Å². The summed E-state index contributed by atoms with van der Waals surface area (Å²) in [7, 11) is 0. The van der Waals surface area contributed by atoms with Crippen LogP contribution < -0.4 is 10.6 Å². The number of carbonyl (C=O) groups is 2. The van der Waals surface area contributed by atoms with Gasteiger partial charge in [-0.15, -0.1) is 0 Å². The van der Waals surface area contributed by atoms with Crippen LogP contribution in [0.4, 0.5) is 22.4 Å².